The minimum Gasteiger partial charge on any atom is -0.463 e. The summed E-state index contributed by atoms with van der Waals surface area (Å²) in [6, 6.07) is 0. The molecule has 7 saturated heterocycles. The Balaban J connectivity index is 0.000000722. The molecule has 41 nitrogen and oxygen atoms in total. The summed E-state index contributed by atoms with van der Waals surface area (Å²) < 4.78 is 160. The smallest absolute Gasteiger partial charge is 0.332 e. The van der Waals surface area contributed by atoms with E-state index in [0.29, 0.717) is 205 Å². The first kappa shape index (κ1) is 118. The van der Waals surface area contributed by atoms with E-state index >= 15 is 0 Å². The Morgan fingerprint density at radius 1 is 0.179 bits per heavy atom. The Morgan fingerprint density at radius 3 is 0.512 bits per heavy atom. The summed E-state index contributed by atoms with van der Waals surface area (Å²) in [5.41, 5.74) is 0. The lowest BCUT2D eigenvalue weighted by Crippen LogP contribution is -2.38. The number of hydrogen-bond donors (Lipinski definition) is 0. The number of rotatable bonds is 68. The number of esters is 3. The lowest BCUT2D eigenvalue weighted by atomic mass is 10.4. The summed E-state index contributed by atoms with van der Waals surface area (Å²) in [7, 11) is 11.5. The highest BCUT2D eigenvalue weighted by molar-refractivity contribution is 5.71. The second-order valence-electron chi connectivity index (χ2n) is 27.4. The highest BCUT2D eigenvalue weighted by Crippen LogP contribution is 2.03. The third kappa shape index (κ3) is 86.8. The van der Waals surface area contributed by atoms with E-state index in [9.17, 15) is 14.4 Å². The van der Waals surface area contributed by atoms with Gasteiger partial charge in [-0.2, -0.15) is 0 Å². The lowest BCUT2D eigenvalue weighted by Gasteiger charge is -2.26. The maximum Gasteiger partial charge on any atom is 0.332 e. The second kappa shape index (κ2) is 98.1. The first-order valence-corrected chi connectivity index (χ1v) is 43.8. The van der Waals surface area contributed by atoms with Gasteiger partial charge in [-0.25, -0.2) is 14.4 Å². The Labute approximate surface area is 735 Å². The molecule has 0 atom stereocenters. The SMILES string of the molecule is COCCOCC(=O)OCCN1CCOCC1.COCCOCCN1CCOCC1.COCCOCCOCC(=O)OCCN1CCOCC1.COCCOCCOCCN1CCOCC1.COCCOCCOCCOCC(=O)OCCN1CCOCC1.COCCOCCOCCOCCN1CCOCC1.COCCOCOCCN1CCOCC1. The standard InChI is InChI=1S/C15H29NO7.C13H25NO6.C13H27NO5.C11H21NO5.C11H23NO4.C10H21NO4.C9H19NO3/c1-18-8-9-20-10-11-21-12-13-22-14-15(17)23-7-4-16-2-5-19-6-3-16;1-16-8-9-18-10-11-19-12-13(15)20-7-4-14-2-5-17-6-3-14;1-15-8-9-18-12-13-19-11-10-17-7-4-14-2-5-16-6-3-14;1-14-8-9-16-10-11(13)17-7-4-12-2-5-15-6-3-12;1-13-8-9-16-11-10-15-7-4-12-2-5-14-6-3-12;1-12-8-9-15-10-14-7-4-11-2-5-13-6-3-11;1-11-8-9-13-7-4-10-2-5-12-6-3-10/h2-14H2,1H3;2-12H2,1H3;2-13H2,1H3;2-10H2,1H3;2-11H2,1H3;2-10H2,1H3;2-9H2,1H3. The minimum atomic E-state index is -0.346. The van der Waals surface area contributed by atoms with Crippen LogP contribution in [0.5, 0.6) is 0 Å². The highest BCUT2D eigenvalue weighted by Gasteiger charge is 2.17. The van der Waals surface area contributed by atoms with Crippen molar-refractivity contribution in [2.24, 2.45) is 0 Å². The minimum absolute atomic E-state index is 0.00747. The molecule has 0 aromatic carbocycles. The number of ether oxygens (including phenoxy) is 31. The van der Waals surface area contributed by atoms with Gasteiger partial charge in [-0.05, 0) is 0 Å². The maximum absolute atomic E-state index is 11.5. The quantitative estimate of drug-likeness (QED) is 0.0292. The van der Waals surface area contributed by atoms with Crippen molar-refractivity contribution in [3.63, 3.8) is 0 Å². The van der Waals surface area contributed by atoms with Crippen molar-refractivity contribution in [1.29, 1.82) is 0 Å². The zero-order chi connectivity index (χ0) is 88.6. The molecule has 0 N–H and O–H groups in total. The van der Waals surface area contributed by atoms with Gasteiger partial charge in [-0.1, -0.05) is 0 Å². The van der Waals surface area contributed by atoms with Crippen LogP contribution in [0.25, 0.3) is 0 Å². The number of methoxy groups -OCH3 is 7. The summed E-state index contributed by atoms with van der Waals surface area (Å²) in [5.74, 6) is -1.01. The molecule has 0 aromatic heterocycles. The Morgan fingerprint density at radius 2 is 0.317 bits per heavy atom. The third-order valence-corrected chi connectivity index (χ3v) is 18.0. The molecule has 7 fully saturated rings. The van der Waals surface area contributed by atoms with Crippen LogP contribution >= 0.6 is 0 Å². The van der Waals surface area contributed by atoms with Crippen molar-refractivity contribution in [3.05, 3.63) is 0 Å². The molecule has 0 spiro atoms. The lowest BCUT2D eigenvalue weighted by molar-refractivity contribution is -0.151. The third-order valence-electron chi connectivity index (χ3n) is 18.0. The van der Waals surface area contributed by atoms with Crippen LogP contribution in [0, 0.1) is 0 Å². The first-order valence-electron chi connectivity index (χ1n) is 43.8. The van der Waals surface area contributed by atoms with Gasteiger partial charge in [0.1, 0.15) is 46.4 Å². The highest BCUT2D eigenvalue weighted by atomic mass is 16.7. The number of nitrogens with zero attached hydrogens (tertiary/aromatic N) is 7. The molecule has 0 amide bonds. The summed E-state index contributed by atoms with van der Waals surface area (Å²) in [6.07, 6.45) is 0. The van der Waals surface area contributed by atoms with Gasteiger partial charge < -0.3 is 147 Å². The summed E-state index contributed by atoms with van der Waals surface area (Å²) in [4.78, 5) is 50.1. The Bertz CT molecular complexity index is 2120. The van der Waals surface area contributed by atoms with Crippen LogP contribution in [0.2, 0.25) is 0 Å². The van der Waals surface area contributed by atoms with Crippen LogP contribution in [0.4, 0.5) is 0 Å². The van der Waals surface area contributed by atoms with E-state index in [4.69, 9.17) is 147 Å². The fraction of sp³-hybridized carbons (Fsp3) is 0.963. The van der Waals surface area contributed by atoms with Crippen LogP contribution in [0.1, 0.15) is 0 Å². The van der Waals surface area contributed by atoms with E-state index in [-0.39, 0.29) is 37.7 Å². The van der Waals surface area contributed by atoms with E-state index in [0.717, 1.165) is 250 Å². The average molecular weight is 1790 g/mol. The molecule has 7 rings (SSSR count). The molecule has 123 heavy (non-hydrogen) atoms. The summed E-state index contributed by atoms with van der Waals surface area (Å²) in [6.45, 7) is 50.1. The molecule has 0 unspecified atom stereocenters. The largest absolute Gasteiger partial charge is 0.463 e. The molecule has 0 bridgehead atoms. The van der Waals surface area contributed by atoms with Gasteiger partial charge in [0.2, 0.25) is 0 Å². The monoisotopic (exact) mass is 1790 g/mol. The van der Waals surface area contributed by atoms with Crippen molar-refractivity contribution >= 4 is 17.9 Å². The van der Waals surface area contributed by atoms with Gasteiger partial charge in [0, 0.05) is 187 Å². The zero-order valence-electron chi connectivity index (χ0n) is 76.4. The molecule has 7 aliphatic rings. The van der Waals surface area contributed by atoms with E-state index < -0.39 is 0 Å². The summed E-state index contributed by atoms with van der Waals surface area (Å²) >= 11 is 0. The first-order chi connectivity index (χ1) is 60.7. The molecular weight excluding hydrogens is 1630 g/mol. The molecule has 7 aliphatic heterocycles. The van der Waals surface area contributed by atoms with E-state index in [1.165, 1.54) is 0 Å². The van der Waals surface area contributed by atoms with Gasteiger partial charge in [0.05, 0.1) is 291 Å². The van der Waals surface area contributed by atoms with Crippen molar-refractivity contribution in [2.75, 3.05) is 524 Å². The van der Waals surface area contributed by atoms with Crippen molar-refractivity contribution in [2.45, 2.75) is 0 Å². The fourth-order valence-electron chi connectivity index (χ4n) is 10.8. The van der Waals surface area contributed by atoms with Gasteiger partial charge in [-0.3, -0.25) is 34.3 Å². The molecule has 732 valence electrons. The summed E-state index contributed by atoms with van der Waals surface area (Å²) in [5, 5.41) is 0. The topological polar surface area (TPSA) is 360 Å². The molecule has 0 saturated carbocycles. The Hall–Kier alpha value is -2.99. The fourth-order valence-corrected chi connectivity index (χ4v) is 10.8. The molecule has 41 heteroatoms. The number of morpholine rings is 7. The predicted molar refractivity (Wildman–Crippen MR) is 453 cm³/mol. The average Bonchev–Trinajstić information content (AvgIpc) is 0.996. The van der Waals surface area contributed by atoms with E-state index in [1.807, 2.05) is 0 Å². The number of carbonyl (C=O) groups is 3. The van der Waals surface area contributed by atoms with Crippen LogP contribution in [0.15, 0.2) is 0 Å². The van der Waals surface area contributed by atoms with Gasteiger partial charge in [0.25, 0.3) is 0 Å². The van der Waals surface area contributed by atoms with Crippen LogP contribution in [-0.4, -0.2) is 577 Å². The van der Waals surface area contributed by atoms with Crippen LogP contribution in [-0.2, 0) is 161 Å². The van der Waals surface area contributed by atoms with Crippen LogP contribution < -0.4 is 0 Å². The van der Waals surface area contributed by atoms with E-state index in [1.54, 1.807) is 49.8 Å². The van der Waals surface area contributed by atoms with Crippen LogP contribution in [0.3, 0.4) is 0 Å². The maximum atomic E-state index is 11.5. The van der Waals surface area contributed by atoms with Gasteiger partial charge in [-0.15, -0.1) is 0 Å². The second-order valence-corrected chi connectivity index (χ2v) is 27.4. The molecular formula is C82H165N7O34. The number of carbonyl (C=O) groups excluding carboxylic acids is 3. The van der Waals surface area contributed by atoms with Gasteiger partial charge in [0.15, 0.2) is 0 Å². The predicted octanol–water partition coefficient (Wildman–Crippen LogP) is -1.43. The van der Waals surface area contributed by atoms with Crippen molar-refractivity contribution < 1.29 is 161 Å². The Kier molecular flexibility index (Phi) is 94.1. The molecule has 0 radical (unpaired) electrons. The number of hydrogen-bond acceptors (Lipinski definition) is 41. The van der Waals surface area contributed by atoms with E-state index in [2.05, 4.69) is 34.3 Å². The van der Waals surface area contributed by atoms with Gasteiger partial charge >= 0.3 is 17.9 Å². The molecule has 7 heterocycles. The zero-order valence-corrected chi connectivity index (χ0v) is 76.4. The normalized spacial score (nSPS) is 17.1. The van der Waals surface area contributed by atoms with Crippen molar-refractivity contribution in [1.82, 2.24) is 34.3 Å². The molecule has 0 aromatic rings. The molecule has 0 aliphatic carbocycles. The van der Waals surface area contributed by atoms with Crippen molar-refractivity contribution in [3.8, 4) is 0 Å².